The van der Waals surface area contributed by atoms with E-state index in [1.807, 2.05) is 18.2 Å². The lowest BCUT2D eigenvalue weighted by Crippen LogP contribution is -2.43. The largest absolute Gasteiger partial charge is 0.374 e. The van der Waals surface area contributed by atoms with Crippen molar-refractivity contribution in [2.45, 2.75) is 32.9 Å². The Morgan fingerprint density at radius 1 is 1.38 bits per heavy atom. The highest BCUT2D eigenvalue weighted by molar-refractivity contribution is 7.80. The summed E-state index contributed by atoms with van der Waals surface area (Å²) in [5.41, 5.74) is 7.26. The maximum absolute atomic E-state index is 6.03. The van der Waals surface area contributed by atoms with Gasteiger partial charge in [-0.05, 0) is 11.5 Å². The summed E-state index contributed by atoms with van der Waals surface area (Å²) in [4.78, 5) is 0.762. The Kier molecular flexibility index (Phi) is 5.43. The Morgan fingerprint density at radius 2 is 2.00 bits per heavy atom. The van der Waals surface area contributed by atoms with Crippen molar-refractivity contribution in [3.8, 4) is 0 Å². The Balaban J connectivity index is 2.41. The van der Waals surface area contributed by atoms with E-state index in [-0.39, 0.29) is 6.04 Å². The number of hydrogen-bond acceptors (Lipinski definition) is 2. The predicted molar refractivity (Wildman–Crippen MR) is 73.3 cm³/mol. The molecular formula is C13H20N2S. The fourth-order valence-corrected chi connectivity index (χ4v) is 1.72. The monoisotopic (exact) mass is 236 g/mol. The molecule has 3 N–H and O–H groups in total. The van der Waals surface area contributed by atoms with Crippen LogP contribution in [-0.2, 0) is 6.54 Å². The van der Waals surface area contributed by atoms with Gasteiger partial charge in [-0.3, -0.25) is 0 Å². The quantitative estimate of drug-likeness (QED) is 0.771. The molecule has 0 spiro atoms. The Bertz CT molecular complexity index is 324. The summed E-state index contributed by atoms with van der Waals surface area (Å²) < 4.78 is 0. The second-order valence-corrected chi connectivity index (χ2v) is 4.55. The van der Waals surface area contributed by atoms with Gasteiger partial charge in [-0.2, -0.15) is 0 Å². The number of nitrogens with two attached hydrogens (primary N) is 1. The van der Waals surface area contributed by atoms with Gasteiger partial charge in [-0.15, -0.1) is 0 Å². The van der Waals surface area contributed by atoms with Crippen LogP contribution < -0.4 is 11.1 Å². The first-order valence-corrected chi connectivity index (χ1v) is 6.13. The van der Waals surface area contributed by atoms with E-state index in [1.54, 1.807) is 0 Å². The number of benzene rings is 1. The summed E-state index contributed by atoms with van der Waals surface area (Å²) in [6.07, 6.45) is 1.05. The van der Waals surface area contributed by atoms with Crippen LogP contribution >= 0.6 is 12.2 Å². The maximum atomic E-state index is 6.03. The second kappa shape index (κ2) is 6.61. The molecule has 2 nitrogen and oxygen atoms in total. The highest BCUT2D eigenvalue weighted by Gasteiger charge is 2.15. The highest BCUT2D eigenvalue weighted by atomic mass is 32.1. The third kappa shape index (κ3) is 3.91. The topological polar surface area (TPSA) is 38.0 Å². The van der Waals surface area contributed by atoms with E-state index in [0.29, 0.717) is 5.92 Å². The molecule has 0 amide bonds. The highest BCUT2D eigenvalue weighted by Crippen LogP contribution is 2.06. The van der Waals surface area contributed by atoms with Gasteiger partial charge in [0.05, 0.1) is 11.0 Å². The smallest absolute Gasteiger partial charge is 0.0929 e. The van der Waals surface area contributed by atoms with Crippen LogP contribution in [0.1, 0.15) is 25.8 Å². The Morgan fingerprint density at radius 3 is 2.56 bits per heavy atom. The van der Waals surface area contributed by atoms with Crippen LogP contribution in [0.15, 0.2) is 30.3 Å². The van der Waals surface area contributed by atoms with E-state index in [9.17, 15) is 0 Å². The molecule has 0 aliphatic carbocycles. The van der Waals surface area contributed by atoms with Crippen LogP contribution in [0.5, 0.6) is 0 Å². The van der Waals surface area contributed by atoms with Crippen LogP contribution in [0.2, 0.25) is 0 Å². The Hall–Kier alpha value is -0.930. The average Bonchev–Trinajstić information content (AvgIpc) is 2.35. The normalized spacial score (nSPS) is 14.2. The van der Waals surface area contributed by atoms with Gasteiger partial charge in [0.15, 0.2) is 0 Å². The van der Waals surface area contributed by atoms with Crippen LogP contribution in [0, 0.1) is 5.92 Å². The van der Waals surface area contributed by atoms with E-state index >= 15 is 0 Å². The second-order valence-electron chi connectivity index (χ2n) is 4.11. The molecule has 16 heavy (non-hydrogen) atoms. The van der Waals surface area contributed by atoms with Crippen molar-refractivity contribution in [3.63, 3.8) is 0 Å². The molecule has 1 aromatic rings. The first-order valence-electron chi connectivity index (χ1n) is 5.72. The molecule has 0 fully saturated rings. The summed E-state index contributed by atoms with van der Waals surface area (Å²) in [6.45, 7) is 5.01. The molecule has 0 bridgehead atoms. The summed E-state index contributed by atoms with van der Waals surface area (Å²) in [5.74, 6) is 0.427. The summed E-state index contributed by atoms with van der Waals surface area (Å²) in [6, 6.07) is 10.2. The van der Waals surface area contributed by atoms with Crippen LogP contribution in [0.4, 0.5) is 0 Å². The minimum absolute atomic E-state index is 0.0382. The fourth-order valence-electron chi connectivity index (χ4n) is 1.42. The molecule has 88 valence electrons. The third-order valence-electron chi connectivity index (χ3n) is 2.87. The van der Waals surface area contributed by atoms with Crippen LogP contribution in [0.25, 0.3) is 0 Å². The minimum Gasteiger partial charge on any atom is -0.374 e. The summed E-state index contributed by atoms with van der Waals surface area (Å²) in [5, 5.41) is 3.22. The van der Waals surface area contributed by atoms with Crippen molar-refractivity contribution < 1.29 is 0 Å². The first kappa shape index (κ1) is 13.1. The predicted octanol–water partition coefficient (Wildman–Crippen LogP) is 2.48. The van der Waals surface area contributed by atoms with Gasteiger partial charge in [0.25, 0.3) is 0 Å². The number of nitrogens with one attached hydrogen (secondary N) is 1. The zero-order chi connectivity index (χ0) is 12.0. The lowest BCUT2D eigenvalue weighted by atomic mass is 10.00. The Labute approximate surface area is 103 Å². The van der Waals surface area contributed by atoms with Crippen LogP contribution in [-0.4, -0.2) is 11.0 Å². The van der Waals surface area contributed by atoms with E-state index < -0.39 is 0 Å². The fraction of sp³-hybridized carbons (Fsp3) is 0.462. The minimum atomic E-state index is -0.0382. The van der Waals surface area contributed by atoms with Gasteiger partial charge >= 0.3 is 0 Å². The number of thiocarbonyl (C=S) groups is 1. The van der Waals surface area contributed by atoms with Gasteiger partial charge in [0.1, 0.15) is 0 Å². The lowest BCUT2D eigenvalue weighted by Gasteiger charge is -2.20. The van der Waals surface area contributed by atoms with E-state index in [1.165, 1.54) is 5.56 Å². The molecule has 3 heteroatoms. The first-order chi connectivity index (χ1) is 7.65. The van der Waals surface area contributed by atoms with Gasteiger partial charge in [0.2, 0.25) is 0 Å². The third-order valence-corrected chi connectivity index (χ3v) is 3.29. The van der Waals surface area contributed by atoms with Crippen molar-refractivity contribution in [3.05, 3.63) is 35.9 Å². The lowest BCUT2D eigenvalue weighted by molar-refractivity contribution is 0.517. The van der Waals surface area contributed by atoms with Crippen molar-refractivity contribution >= 4 is 17.2 Å². The summed E-state index contributed by atoms with van der Waals surface area (Å²) >= 11 is 5.28. The van der Waals surface area contributed by atoms with Crippen molar-refractivity contribution in [1.29, 1.82) is 0 Å². The summed E-state index contributed by atoms with van der Waals surface area (Å²) in [7, 11) is 0. The van der Waals surface area contributed by atoms with Crippen molar-refractivity contribution in [1.82, 2.24) is 5.32 Å². The number of hydrogen-bond donors (Lipinski definition) is 2. The molecule has 0 aliphatic rings. The van der Waals surface area contributed by atoms with Crippen LogP contribution in [0.3, 0.4) is 0 Å². The SMILES string of the molecule is CCC(C)[C@H](N)C(=S)NCc1ccccc1. The zero-order valence-electron chi connectivity index (χ0n) is 9.94. The molecule has 1 rings (SSSR count). The van der Waals surface area contributed by atoms with Crippen molar-refractivity contribution in [2.75, 3.05) is 0 Å². The average molecular weight is 236 g/mol. The standard InChI is InChI=1S/C13H20N2S/c1-3-10(2)12(14)13(16)15-9-11-7-5-4-6-8-11/h4-8,10,12H,3,9,14H2,1-2H3,(H,15,16)/t10?,12-/m0/s1. The van der Waals surface area contributed by atoms with Gasteiger partial charge < -0.3 is 11.1 Å². The maximum Gasteiger partial charge on any atom is 0.0929 e. The molecule has 1 aromatic carbocycles. The molecular weight excluding hydrogens is 216 g/mol. The molecule has 1 unspecified atom stereocenters. The molecule has 0 saturated carbocycles. The van der Waals surface area contributed by atoms with E-state index in [2.05, 4.69) is 31.3 Å². The number of rotatable bonds is 5. The molecule has 0 heterocycles. The van der Waals surface area contributed by atoms with E-state index in [4.69, 9.17) is 18.0 Å². The molecule has 0 aliphatic heterocycles. The van der Waals surface area contributed by atoms with Gasteiger partial charge in [0, 0.05) is 6.54 Å². The molecule has 0 aromatic heterocycles. The molecule has 0 radical (unpaired) electrons. The van der Waals surface area contributed by atoms with Gasteiger partial charge in [-0.1, -0.05) is 62.8 Å². The molecule has 0 saturated heterocycles. The van der Waals surface area contributed by atoms with E-state index in [0.717, 1.165) is 18.0 Å². The zero-order valence-corrected chi connectivity index (χ0v) is 10.8. The van der Waals surface area contributed by atoms with Crippen molar-refractivity contribution in [2.24, 2.45) is 11.7 Å². The molecule has 2 atom stereocenters. The van der Waals surface area contributed by atoms with Gasteiger partial charge in [-0.25, -0.2) is 0 Å².